The average molecular weight is 258 g/mol. The Bertz CT molecular complexity index is 525. The first-order valence-corrected chi connectivity index (χ1v) is 6.28. The molecule has 0 bridgehead atoms. The number of rotatable bonds is 5. The van der Waals surface area contributed by atoms with Gasteiger partial charge in [0.2, 0.25) is 15.9 Å². The maximum atomic E-state index is 11.9. The van der Waals surface area contributed by atoms with Gasteiger partial charge in [-0.3, -0.25) is 4.79 Å². The summed E-state index contributed by atoms with van der Waals surface area (Å²) < 4.78 is 30.8. The Kier molecular flexibility index (Phi) is 4.08. The van der Waals surface area contributed by atoms with Crippen LogP contribution in [0.25, 0.3) is 0 Å². The topological polar surface area (TPSA) is 98.5 Å². The first-order chi connectivity index (χ1) is 7.86. The van der Waals surface area contributed by atoms with Gasteiger partial charge in [0.1, 0.15) is 10.6 Å². The van der Waals surface area contributed by atoms with Crippen molar-refractivity contribution >= 4 is 15.9 Å². The van der Waals surface area contributed by atoms with Gasteiger partial charge in [-0.15, -0.1) is 0 Å². The lowest BCUT2D eigenvalue weighted by Gasteiger charge is -2.10. The van der Waals surface area contributed by atoms with Gasteiger partial charge < -0.3 is 10.5 Å². The van der Waals surface area contributed by atoms with Crippen molar-refractivity contribution in [2.24, 2.45) is 5.73 Å². The maximum absolute atomic E-state index is 11.9. The van der Waals surface area contributed by atoms with Crippen molar-refractivity contribution < 1.29 is 17.9 Å². The maximum Gasteiger partial charge on any atom is 0.244 e. The number of primary amides is 1. The number of amides is 1. The molecule has 0 atom stereocenters. The summed E-state index contributed by atoms with van der Waals surface area (Å²) >= 11 is 0. The van der Waals surface area contributed by atoms with E-state index in [1.807, 2.05) is 0 Å². The van der Waals surface area contributed by atoms with Gasteiger partial charge >= 0.3 is 0 Å². The number of hydrogen-bond acceptors (Lipinski definition) is 4. The summed E-state index contributed by atoms with van der Waals surface area (Å²) in [6.45, 7) is 1.31. The molecule has 1 aromatic rings. The van der Waals surface area contributed by atoms with Crippen molar-refractivity contribution in [1.29, 1.82) is 0 Å². The van der Waals surface area contributed by atoms with Gasteiger partial charge in [-0.05, 0) is 24.6 Å². The lowest BCUT2D eigenvalue weighted by Crippen LogP contribution is -2.33. The summed E-state index contributed by atoms with van der Waals surface area (Å²) in [6, 6.07) is 4.74. The molecule has 1 amide bonds. The monoisotopic (exact) mass is 258 g/mol. The Hall–Kier alpha value is -1.60. The summed E-state index contributed by atoms with van der Waals surface area (Å²) in [5, 5.41) is 0. The molecule has 6 nitrogen and oxygen atoms in total. The predicted octanol–water partition coefficient (Wildman–Crippen LogP) is -0.233. The third-order valence-electron chi connectivity index (χ3n) is 2.05. The van der Waals surface area contributed by atoms with Crippen molar-refractivity contribution in [3.63, 3.8) is 0 Å². The normalized spacial score (nSPS) is 11.2. The van der Waals surface area contributed by atoms with E-state index >= 15 is 0 Å². The highest BCUT2D eigenvalue weighted by Gasteiger charge is 2.19. The number of nitrogens with two attached hydrogens (primary N) is 1. The first kappa shape index (κ1) is 13.5. The molecule has 0 aromatic heterocycles. The summed E-state index contributed by atoms with van der Waals surface area (Å²) in [7, 11) is -2.42. The van der Waals surface area contributed by atoms with E-state index in [4.69, 9.17) is 10.5 Å². The molecule has 0 heterocycles. The quantitative estimate of drug-likeness (QED) is 0.762. The van der Waals surface area contributed by atoms with E-state index in [0.29, 0.717) is 0 Å². The Balaban J connectivity index is 3.13. The second kappa shape index (κ2) is 5.15. The molecular weight excluding hydrogens is 244 g/mol. The SMILES string of the molecule is COc1ccc(C)cc1S(=O)(=O)NCC(N)=O. The van der Waals surface area contributed by atoms with Gasteiger partial charge in [-0.1, -0.05) is 6.07 Å². The van der Waals surface area contributed by atoms with E-state index in [1.54, 1.807) is 19.1 Å². The van der Waals surface area contributed by atoms with Crippen LogP contribution < -0.4 is 15.2 Å². The number of hydrogen-bond donors (Lipinski definition) is 2. The van der Waals surface area contributed by atoms with Crippen LogP contribution >= 0.6 is 0 Å². The molecule has 0 aliphatic heterocycles. The van der Waals surface area contributed by atoms with Gasteiger partial charge in [0.15, 0.2) is 0 Å². The molecule has 94 valence electrons. The van der Waals surface area contributed by atoms with Crippen molar-refractivity contribution in [2.75, 3.05) is 13.7 Å². The Labute approximate surface area is 99.8 Å². The molecule has 3 N–H and O–H groups in total. The number of carbonyl (C=O) groups is 1. The zero-order valence-corrected chi connectivity index (χ0v) is 10.4. The Morgan fingerprint density at radius 2 is 2.12 bits per heavy atom. The second-order valence-corrected chi connectivity index (χ2v) is 5.18. The minimum absolute atomic E-state index is 0.0127. The highest BCUT2D eigenvalue weighted by atomic mass is 32.2. The lowest BCUT2D eigenvalue weighted by atomic mass is 10.2. The van der Waals surface area contributed by atoms with Crippen LogP contribution in [0.2, 0.25) is 0 Å². The number of carbonyl (C=O) groups excluding carboxylic acids is 1. The summed E-state index contributed by atoms with van der Waals surface area (Å²) in [6.07, 6.45) is 0. The number of methoxy groups -OCH3 is 1. The van der Waals surface area contributed by atoms with E-state index in [1.165, 1.54) is 13.2 Å². The lowest BCUT2D eigenvalue weighted by molar-refractivity contribution is -0.116. The smallest absolute Gasteiger partial charge is 0.244 e. The highest BCUT2D eigenvalue weighted by molar-refractivity contribution is 7.89. The van der Waals surface area contributed by atoms with E-state index < -0.39 is 22.5 Å². The fourth-order valence-corrected chi connectivity index (χ4v) is 2.48. The zero-order valence-electron chi connectivity index (χ0n) is 9.56. The van der Waals surface area contributed by atoms with Crippen LogP contribution in [0.3, 0.4) is 0 Å². The minimum atomic E-state index is -3.80. The highest BCUT2D eigenvalue weighted by Crippen LogP contribution is 2.24. The van der Waals surface area contributed by atoms with Crippen LogP contribution in [0.1, 0.15) is 5.56 Å². The number of nitrogens with one attached hydrogen (secondary N) is 1. The molecule has 1 aromatic carbocycles. The Morgan fingerprint density at radius 3 is 2.65 bits per heavy atom. The number of ether oxygens (including phenoxy) is 1. The van der Waals surface area contributed by atoms with Crippen LogP contribution in [-0.2, 0) is 14.8 Å². The van der Waals surface area contributed by atoms with Crippen molar-refractivity contribution in [1.82, 2.24) is 4.72 Å². The number of benzene rings is 1. The van der Waals surface area contributed by atoms with Crippen LogP contribution in [0, 0.1) is 6.92 Å². The van der Waals surface area contributed by atoms with Gasteiger partial charge in [-0.2, -0.15) is 0 Å². The van der Waals surface area contributed by atoms with Crippen LogP contribution in [0.15, 0.2) is 23.1 Å². The molecule has 0 aliphatic carbocycles. The zero-order chi connectivity index (χ0) is 13.1. The molecule has 0 saturated carbocycles. The van der Waals surface area contributed by atoms with E-state index in [0.717, 1.165) is 5.56 Å². The molecular formula is C10H14N2O4S. The molecule has 7 heteroatoms. The third kappa shape index (κ3) is 3.43. The van der Waals surface area contributed by atoms with Crippen LogP contribution in [0.5, 0.6) is 5.75 Å². The average Bonchev–Trinajstić information content (AvgIpc) is 2.26. The largest absolute Gasteiger partial charge is 0.495 e. The molecule has 0 aliphatic rings. The van der Waals surface area contributed by atoms with E-state index in [9.17, 15) is 13.2 Å². The van der Waals surface area contributed by atoms with Gasteiger partial charge in [0, 0.05) is 0 Å². The van der Waals surface area contributed by atoms with Crippen molar-refractivity contribution in [2.45, 2.75) is 11.8 Å². The summed E-state index contributed by atoms with van der Waals surface area (Å²) in [5.74, 6) is -0.534. The summed E-state index contributed by atoms with van der Waals surface area (Å²) in [4.78, 5) is 10.5. The minimum Gasteiger partial charge on any atom is -0.495 e. The molecule has 0 radical (unpaired) electrons. The Morgan fingerprint density at radius 1 is 1.47 bits per heavy atom. The molecule has 1 rings (SSSR count). The van der Waals surface area contributed by atoms with E-state index in [2.05, 4.69) is 4.72 Å². The van der Waals surface area contributed by atoms with Gasteiger partial charge in [-0.25, -0.2) is 13.1 Å². The fourth-order valence-electron chi connectivity index (χ4n) is 1.24. The first-order valence-electron chi connectivity index (χ1n) is 4.79. The standard InChI is InChI=1S/C10H14N2O4S/c1-7-3-4-8(16-2)9(5-7)17(14,15)12-6-10(11)13/h3-5,12H,6H2,1-2H3,(H2,11,13). The van der Waals surface area contributed by atoms with E-state index in [-0.39, 0.29) is 10.6 Å². The molecule has 0 saturated heterocycles. The second-order valence-electron chi connectivity index (χ2n) is 3.45. The van der Waals surface area contributed by atoms with Crippen molar-refractivity contribution in [3.8, 4) is 5.75 Å². The predicted molar refractivity (Wildman–Crippen MR) is 62.1 cm³/mol. The summed E-state index contributed by atoms with van der Waals surface area (Å²) in [5.41, 5.74) is 5.65. The van der Waals surface area contributed by atoms with Crippen LogP contribution in [0.4, 0.5) is 0 Å². The number of sulfonamides is 1. The molecule has 17 heavy (non-hydrogen) atoms. The third-order valence-corrected chi connectivity index (χ3v) is 3.47. The molecule has 0 fully saturated rings. The fraction of sp³-hybridized carbons (Fsp3) is 0.300. The van der Waals surface area contributed by atoms with Crippen molar-refractivity contribution in [3.05, 3.63) is 23.8 Å². The molecule has 0 spiro atoms. The van der Waals surface area contributed by atoms with Crippen LogP contribution in [-0.4, -0.2) is 28.0 Å². The van der Waals surface area contributed by atoms with Gasteiger partial charge in [0.25, 0.3) is 0 Å². The molecule has 0 unspecified atom stereocenters. The number of aryl methyl sites for hydroxylation is 1. The van der Waals surface area contributed by atoms with Gasteiger partial charge in [0.05, 0.1) is 13.7 Å².